The quantitative estimate of drug-likeness (QED) is 0.836. The van der Waals surface area contributed by atoms with Gasteiger partial charge in [-0.25, -0.2) is 0 Å². The summed E-state index contributed by atoms with van der Waals surface area (Å²) in [5.74, 6) is 0.710. The minimum atomic E-state index is -0.489. The molecule has 1 aromatic heterocycles. The Balaban J connectivity index is 2.22. The van der Waals surface area contributed by atoms with Gasteiger partial charge in [0.15, 0.2) is 0 Å². The van der Waals surface area contributed by atoms with Crippen molar-refractivity contribution in [1.82, 2.24) is 9.78 Å². The van der Waals surface area contributed by atoms with Crippen molar-refractivity contribution in [2.75, 3.05) is 6.54 Å². The van der Waals surface area contributed by atoms with Gasteiger partial charge in [-0.15, -0.1) is 0 Å². The van der Waals surface area contributed by atoms with Crippen LogP contribution in [0.3, 0.4) is 0 Å². The summed E-state index contributed by atoms with van der Waals surface area (Å²) in [6, 6.07) is 1.89. The summed E-state index contributed by atoms with van der Waals surface area (Å²) in [7, 11) is 1.87. The number of aromatic nitrogens is 2. The molecule has 17 heavy (non-hydrogen) atoms. The molecular formula is C13H23N3O. The van der Waals surface area contributed by atoms with E-state index in [4.69, 9.17) is 5.73 Å². The molecule has 3 atom stereocenters. The molecule has 2 rings (SSSR count). The molecule has 0 aromatic carbocycles. The Morgan fingerprint density at radius 1 is 1.71 bits per heavy atom. The van der Waals surface area contributed by atoms with E-state index in [1.54, 1.807) is 10.9 Å². The number of aliphatic hydroxyl groups excluding tert-OH is 1. The third-order valence-corrected chi connectivity index (χ3v) is 4.45. The smallest absolute Gasteiger partial charge is 0.102 e. The first-order valence-corrected chi connectivity index (χ1v) is 6.49. The Bertz CT molecular complexity index is 376. The molecule has 1 aliphatic carbocycles. The van der Waals surface area contributed by atoms with Crippen LogP contribution >= 0.6 is 0 Å². The first kappa shape index (κ1) is 12.6. The van der Waals surface area contributed by atoms with E-state index in [1.807, 2.05) is 13.1 Å². The van der Waals surface area contributed by atoms with Crippen LogP contribution in [0.25, 0.3) is 0 Å². The summed E-state index contributed by atoms with van der Waals surface area (Å²) in [5.41, 5.74) is 6.69. The van der Waals surface area contributed by atoms with Gasteiger partial charge in [-0.05, 0) is 31.2 Å². The Morgan fingerprint density at radius 3 is 2.94 bits per heavy atom. The van der Waals surface area contributed by atoms with Gasteiger partial charge >= 0.3 is 0 Å². The average molecular weight is 237 g/mol. The van der Waals surface area contributed by atoms with Gasteiger partial charge in [0.05, 0.1) is 5.69 Å². The normalized spacial score (nSPS) is 30.7. The monoisotopic (exact) mass is 237 g/mol. The first-order valence-electron chi connectivity index (χ1n) is 6.49. The fourth-order valence-corrected chi connectivity index (χ4v) is 3.13. The van der Waals surface area contributed by atoms with Gasteiger partial charge in [-0.3, -0.25) is 4.68 Å². The molecule has 0 bridgehead atoms. The van der Waals surface area contributed by atoms with Gasteiger partial charge < -0.3 is 10.8 Å². The fraction of sp³-hybridized carbons (Fsp3) is 0.769. The van der Waals surface area contributed by atoms with Gasteiger partial charge in [0, 0.05) is 25.2 Å². The summed E-state index contributed by atoms with van der Waals surface area (Å²) in [4.78, 5) is 0. The number of aryl methyl sites for hydroxylation is 1. The van der Waals surface area contributed by atoms with E-state index < -0.39 is 6.10 Å². The van der Waals surface area contributed by atoms with E-state index in [-0.39, 0.29) is 5.41 Å². The molecule has 3 unspecified atom stereocenters. The minimum absolute atomic E-state index is 0.144. The maximum absolute atomic E-state index is 10.6. The van der Waals surface area contributed by atoms with E-state index in [2.05, 4.69) is 12.0 Å². The van der Waals surface area contributed by atoms with Crippen molar-refractivity contribution in [3.05, 3.63) is 18.0 Å². The van der Waals surface area contributed by atoms with Crippen molar-refractivity contribution in [3.8, 4) is 0 Å². The number of hydrogen-bond acceptors (Lipinski definition) is 3. The Kier molecular flexibility index (Phi) is 3.54. The van der Waals surface area contributed by atoms with Crippen molar-refractivity contribution >= 4 is 0 Å². The molecule has 4 heteroatoms. The van der Waals surface area contributed by atoms with Gasteiger partial charge in [-0.2, -0.15) is 5.10 Å². The third-order valence-electron chi connectivity index (χ3n) is 4.45. The predicted molar refractivity (Wildman–Crippen MR) is 67.3 cm³/mol. The highest BCUT2D eigenvalue weighted by atomic mass is 16.3. The Hall–Kier alpha value is -0.870. The summed E-state index contributed by atoms with van der Waals surface area (Å²) in [5, 5.41) is 14.7. The second kappa shape index (κ2) is 4.78. The van der Waals surface area contributed by atoms with Gasteiger partial charge in [0.2, 0.25) is 0 Å². The molecule has 1 aliphatic rings. The second-order valence-electron chi connectivity index (χ2n) is 5.37. The Labute approximate surface area is 103 Å². The number of hydrogen-bond donors (Lipinski definition) is 2. The maximum atomic E-state index is 10.6. The molecule has 0 aliphatic heterocycles. The molecule has 96 valence electrons. The zero-order chi connectivity index (χ0) is 12.5. The highest BCUT2D eigenvalue weighted by Crippen LogP contribution is 2.49. The van der Waals surface area contributed by atoms with Crippen LogP contribution in [0.5, 0.6) is 0 Å². The maximum Gasteiger partial charge on any atom is 0.102 e. The lowest BCUT2D eigenvalue weighted by Gasteiger charge is -2.33. The van der Waals surface area contributed by atoms with E-state index >= 15 is 0 Å². The molecule has 4 nitrogen and oxygen atoms in total. The largest absolute Gasteiger partial charge is 0.386 e. The van der Waals surface area contributed by atoms with Gasteiger partial charge in [-0.1, -0.05) is 13.3 Å². The van der Waals surface area contributed by atoms with Gasteiger partial charge in [0.25, 0.3) is 0 Å². The van der Waals surface area contributed by atoms with E-state index in [9.17, 15) is 5.11 Å². The summed E-state index contributed by atoms with van der Waals surface area (Å²) in [6.07, 6.45) is 5.66. The van der Waals surface area contributed by atoms with E-state index in [0.717, 1.165) is 18.5 Å². The SMILES string of the molecule is CCC1CCC(CN)(C(O)c2ccnn2C)C1. The number of rotatable bonds is 4. The zero-order valence-corrected chi connectivity index (χ0v) is 10.8. The van der Waals surface area contributed by atoms with E-state index in [1.165, 1.54) is 12.8 Å². The van der Waals surface area contributed by atoms with E-state index in [0.29, 0.717) is 12.5 Å². The van der Waals surface area contributed by atoms with Crippen LogP contribution in [0, 0.1) is 11.3 Å². The molecule has 0 amide bonds. The molecule has 0 saturated heterocycles. The molecule has 1 heterocycles. The molecule has 1 aromatic rings. The highest BCUT2D eigenvalue weighted by molar-refractivity contribution is 5.11. The minimum Gasteiger partial charge on any atom is -0.386 e. The van der Waals surface area contributed by atoms with Crippen LogP contribution in [0.15, 0.2) is 12.3 Å². The van der Waals surface area contributed by atoms with Crippen LogP contribution < -0.4 is 5.73 Å². The van der Waals surface area contributed by atoms with Gasteiger partial charge in [0.1, 0.15) is 6.10 Å². The predicted octanol–water partition coefficient (Wildman–Crippen LogP) is 1.61. The van der Waals surface area contributed by atoms with Crippen LogP contribution in [-0.2, 0) is 7.05 Å². The average Bonchev–Trinajstić information content (AvgIpc) is 2.95. The van der Waals surface area contributed by atoms with Crippen molar-refractivity contribution in [3.63, 3.8) is 0 Å². The fourth-order valence-electron chi connectivity index (χ4n) is 3.13. The molecule has 1 saturated carbocycles. The standard InChI is InChI=1S/C13H23N3O/c1-3-10-4-6-13(8-10,9-14)12(17)11-5-7-15-16(11)2/h5,7,10,12,17H,3-4,6,8-9,14H2,1-2H3. The molecule has 1 fully saturated rings. The molecule has 0 radical (unpaired) electrons. The molecule has 0 spiro atoms. The van der Waals surface area contributed by atoms with Crippen LogP contribution in [-0.4, -0.2) is 21.4 Å². The van der Waals surface area contributed by atoms with Crippen LogP contribution in [0.1, 0.15) is 44.4 Å². The van der Waals surface area contributed by atoms with Crippen molar-refractivity contribution in [1.29, 1.82) is 0 Å². The number of nitrogens with two attached hydrogens (primary N) is 1. The Morgan fingerprint density at radius 2 is 2.47 bits per heavy atom. The number of nitrogens with zero attached hydrogens (tertiary/aromatic N) is 2. The van der Waals surface area contributed by atoms with Crippen molar-refractivity contribution < 1.29 is 5.11 Å². The summed E-state index contributed by atoms with van der Waals surface area (Å²) >= 11 is 0. The van der Waals surface area contributed by atoms with Crippen LogP contribution in [0.2, 0.25) is 0 Å². The summed E-state index contributed by atoms with van der Waals surface area (Å²) in [6.45, 7) is 2.77. The third kappa shape index (κ3) is 2.11. The summed E-state index contributed by atoms with van der Waals surface area (Å²) < 4.78 is 1.75. The number of aliphatic hydroxyl groups is 1. The second-order valence-corrected chi connectivity index (χ2v) is 5.37. The lowest BCUT2D eigenvalue weighted by Crippen LogP contribution is -2.35. The highest BCUT2D eigenvalue weighted by Gasteiger charge is 2.44. The first-order chi connectivity index (χ1) is 8.13. The lowest BCUT2D eigenvalue weighted by atomic mass is 9.78. The van der Waals surface area contributed by atoms with Crippen LogP contribution in [0.4, 0.5) is 0 Å². The topological polar surface area (TPSA) is 64.1 Å². The molecule has 3 N–H and O–H groups in total. The van der Waals surface area contributed by atoms with Crippen molar-refractivity contribution in [2.45, 2.75) is 38.7 Å². The lowest BCUT2D eigenvalue weighted by molar-refractivity contribution is 0.0240. The van der Waals surface area contributed by atoms with Crippen molar-refractivity contribution in [2.24, 2.45) is 24.1 Å². The zero-order valence-electron chi connectivity index (χ0n) is 10.8. The molecular weight excluding hydrogens is 214 g/mol.